The smallest absolute Gasteiger partial charge is 0.342 e. The first kappa shape index (κ1) is 22.0. The van der Waals surface area contributed by atoms with Crippen molar-refractivity contribution < 1.29 is 22.5 Å². The summed E-state index contributed by atoms with van der Waals surface area (Å²) in [5.74, 6) is -0.128. The van der Waals surface area contributed by atoms with Crippen molar-refractivity contribution >= 4 is 17.0 Å². The van der Waals surface area contributed by atoms with Gasteiger partial charge in [-0.25, -0.2) is 4.98 Å². The van der Waals surface area contributed by atoms with Crippen LogP contribution in [0.3, 0.4) is 0 Å². The van der Waals surface area contributed by atoms with Gasteiger partial charge in [0, 0.05) is 31.0 Å². The number of carbonyl (C=O) groups is 1. The predicted octanol–water partition coefficient (Wildman–Crippen LogP) is 4.38. The van der Waals surface area contributed by atoms with Gasteiger partial charge >= 0.3 is 6.18 Å². The minimum absolute atomic E-state index is 0.00755. The lowest BCUT2D eigenvalue weighted by atomic mass is 9.90. The maximum Gasteiger partial charge on any atom is 0.417 e. The highest BCUT2D eigenvalue weighted by Gasteiger charge is 2.38. The Morgan fingerprint density at radius 1 is 1.19 bits per heavy atom. The largest absolute Gasteiger partial charge is 0.417 e. The Bertz CT molecular complexity index is 948. The molecule has 1 amide bonds. The van der Waals surface area contributed by atoms with E-state index in [0.717, 1.165) is 38.4 Å². The van der Waals surface area contributed by atoms with Crippen molar-refractivity contribution in [2.24, 2.45) is 5.92 Å². The molecule has 4 rings (SSSR count). The fraction of sp³-hybridized carbons (Fsp3) is 0.682. The van der Waals surface area contributed by atoms with Crippen LogP contribution in [0.1, 0.15) is 62.4 Å². The summed E-state index contributed by atoms with van der Waals surface area (Å²) in [4.78, 5) is 21.7. The molecule has 1 atom stereocenters. The van der Waals surface area contributed by atoms with Crippen LogP contribution in [-0.4, -0.2) is 58.1 Å². The summed E-state index contributed by atoms with van der Waals surface area (Å²) in [7, 11) is 0. The van der Waals surface area contributed by atoms with Crippen LogP contribution < -0.4 is 0 Å². The van der Waals surface area contributed by atoms with E-state index in [1.165, 1.54) is 6.92 Å². The molecule has 2 aromatic heterocycles. The molecule has 0 bridgehead atoms. The van der Waals surface area contributed by atoms with Crippen LogP contribution in [0.25, 0.3) is 11.1 Å². The maximum atomic E-state index is 13.7. The number of hydrogen-bond donors (Lipinski definition) is 0. The van der Waals surface area contributed by atoms with E-state index in [0.29, 0.717) is 31.2 Å². The Hall–Kier alpha value is -2.16. The molecule has 2 saturated heterocycles. The molecule has 0 aliphatic carbocycles. The maximum absolute atomic E-state index is 13.7. The lowest BCUT2D eigenvalue weighted by Gasteiger charge is -2.38. The Morgan fingerprint density at radius 3 is 2.55 bits per heavy atom. The summed E-state index contributed by atoms with van der Waals surface area (Å²) in [6.45, 7) is 8.65. The lowest BCUT2D eigenvalue weighted by molar-refractivity contribution is -0.139. The molecule has 0 unspecified atom stereocenters. The average molecular weight is 438 g/mol. The fourth-order valence-electron chi connectivity index (χ4n) is 4.89. The average Bonchev–Trinajstić information content (AvgIpc) is 3.12. The van der Waals surface area contributed by atoms with Gasteiger partial charge in [-0.3, -0.25) is 4.79 Å². The van der Waals surface area contributed by atoms with Gasteiger partial charge in [0.25, 0.3) is 5.71 Å². The summed E-state index contributed by atoms with van der Waals surface area (Å²) in [5.41, 5.74) is -0.361. The zero-order valence-electron chi connectivity index (χ0n) is 18.2. The van der Waals surface area contributed by atoms with Crippen LogP contribution in [0.15, 0.2) is 10.6 Å². The predicted molar refractivity (Wildman–Crippen MR) is 110 cm³/mol. The molecule has 0 radical (unpaired) electrons. The van der Waals surface area contributed by atoms with Gasteiger partial charge in [0.2, 0.25) is 5.91 Å². The molecule has 4 heterocycles. The standard InChI is InChI=1S/C22H29F3N4O2/c1-13(2)28-9-6-15(7-10-28)21(30)29-8-4-5-16(12-29)18-11-17(22(23,24)25)19-14(3)27-31-20(19)26-18/h11,13,15-16H,4-10,12H2,1-3H3/t16-/m1/s1. The highest BCUT2D eigenvalue weighted by atomic mass is 19.4. The first-order chi connectivity index (χ1) is 14.6. The number of carbonyl (C=O) groups excluding carboxylic acids is 1. The topological polar surface area (TPSA) is 62.5 Å². The van der Waals surface area contributed by atoms with E-state index >= 15 is 0 Å². The molecule has 6 nitrogen and oxygen atoms in total. The minimum atomic E-state index is -4.53. The number of likely N-dealkylation sites (tertiary alicyclic amines) is 2. The first-order valence-corrected chi connectivity index (χ1v) is 11.0. The van der Waals surface area contributed by atoms with Gasteiger partial charge in [-0.2, -0.15) is 13.2 Å². The zero-order chi connectivity index (χ0) is 22.3. The molecule has 2 fully saturated rings. The van der Waals surface area contributed by atoms with E-state index < -0.39 is 11.7 Å². The number of amides is 1. The van der Waals surface area contributed by atoms with Crippen molar-refractivity contribution in [2.75, 3.05) is 26.2 Å². The van der Waals surface area contributed by atoms with Crippen LogP contribution in [0.5, 0.6) is 0 Å². The van der Waals surface area contributed by atoms with Crippen molar-refractivity contribution in [2.45, 2.75) is 64.6 Å². The molecule has 2 aliphatic rings. The van der Waals surface area contributed by atoms with Crippen molar-refractivity contribution in [3.05, 3.63) is 23.0 Å². The molecule has 9 heteroatoms. The molecule has 170 valence electrons. The number of piperidine rings is 2. The van der Waals surface area contributed by atoms with Gasteiger partial charge in [-0.05, 0) is 65.6 Å². The molecule has 2 aromatic rings. The van der Waals surface area contributed by atoms with Crippen molar-refractivity contribution in [1.82, 2.24) is 19.9 Å². The van der Waals surface area contributed by atoms with E-state index in [2.05, 4.69) is 28.9 Å². The summed E-state index contributed by atoms with van der Waals surface area (Å²) in [5, 5.41) is 3.59. The molecule has 0 N–H and O–H groups in total. The van der Waals surface area contributed by atoms with E-state index in [-0.39, 0.29) is 34.5 Å². The van der Waals surface area contributed by atoms with Gasteiger partial charge in [0.1, 0.15) is 0 Å². The van der Waals surface area contributed by atoms with Crippen LogP contribution in [0, 0.1) is 12.8 Å². The van der Waals surface area contributed by atoms with Crippen molar-refractivity contribution in [3.63, 3.8) is 0 Å². The summed E-state index contributed by atoms with van der Waals surface area (Å²) < 4.78 is 46.1. The molecule has 0 aromatic carbocycles. The minimum Gasteiger partial charge on any atom is -0.342 e. The first-order valence-electron chi connectivity index (χ1n) is 11.0. The quantitative estimate of drug-likeness (QED) is 0.712. The highest BCUT2D eigenvalue weighted by molar-refractivity contribution is 5.81. The summed E-state index contributed by atoms with van der Waals surface area (Å²) in [6.07, 6.45) is -1.42. The van der Waals surface area contributed by atoms with E-state index in [4.69, 9.17) is 4.52 Å². The Labute approximate surface area is 179 Å². The van der Waals surface area contributed by atoms with E-state index in [1.807, 2.05) is 4.90 Å². The monoisotopic (exact) mass is 438 g/mol. The van der Waals surface area contributed by atoms with Crippen molar-refractivity contribution in [3.8, 4) is 0 Å². The highest BCUT2D eigenvalue weighted by Crippen LogP contribution is 2.38. The summed E-state index contributed by atoms with van der Waals surface area (Å²) in [6, 6.07) is 1.59. The van der Waals surface area contributed by atoms with Crippen LogP contribution in [0.2, 0.25) is 0 Å². The second-order valence-corrected chi connectivity index (χ2v) is 9.07. The number of nitrogens with zero attached hydrogens (tertiary/aromatic N) is 4. The number of pyridine rings is 1. The lowest BCUT2D eigenvalue weighted by Crippen LogP contribution is -2.47. The third-order valence-corrected chi connectivity index (χ3v) is 6.70. The van der Waals surface area contributed by atoms with E-state index in [9.17, 15) is 18.0 Å². The number of rotatable bonds is 3. The van der Waals surface area contributed by atoms with Crippen LogP contribution in [-0.2, 0) is 11.0 Å². The number of halogens is 3. The zero-order valence-corrected chi connectivity index (χ0v) is 18.2. The molecule has 0 spiro atoms. The van der Waals surface area contributed by atoms with E-state index in [1.54, 1.807) is 0 Å². The Morgan fingerprint density at radius 2 is 1.90 bits per heavy atom. The second kappa shape index (κ2) is 8.41. The number of fused-ring (bicyclic) bond motifs is 1. The molecule has 31 heavy (non-hydrogen) atoms. The van der Waals surface area contributed by atoms with Gasteiger partial charge in [0.15, 0.2) is 0 Å². The molecule has 2 aliphatic heterocycles. The molecular formula is C22H29F3N4O2. The molecule has 0 saturated carbocycles. The summed E-state index contributed by atoms with van der Waals surface area (Å²) >= 11 is 0. The third-order valence-electron chi connectivity index (χ3n) is 6.70. The SMILES string of the molecule is Cc1noc2nc([C@@H]3CCCN(C(=O)C4CCN(C(C)C)CC4)C3)cc(C(F)(F)F)c12. The van der Waals surface area contributed by atoms with Crippen molar-refractivity contribution in [1.29, 1.82) is 0 Å². The number of alkyl halides is 3. The number of aryl methyl sites for hydroxylation is 1. The molecular weight excluding hydrogens is 409 g/mol. The fourth-order valence-corrected chi connectivity index (χ4v) is 4.89. The van der Waals surface area contributed by atoms with Crippen LogP contribution in [0.4, 0.5) is 13.2 Å². The Kier molecular flexibility index (Phi) is 5.98. The van der Waals surface area contributed by atoms with Gasteiger partial charge in [-0.1, -0.05) is 5.16 Å². The number of aromatic nitrogens is 2. The van der Waals surface area contributed by atoms with Gasteiger partial charge in [-0.15, -0.1) is 0 Å². The van der Waals surface area contributed by atoms with Gasteiger partial charge in [0.05, 0.1) is 22.3 Å². The second-order valence-electron chi connectivity index (χ2n) is 9.07. The van der Waals surface area contributed by atoms with Gasteiger partial charge < -0.3 is 14.3 Å². The Balaban J connectivity index is 1.52. The number of hydrogen-bond acceptors (Lipinski definition) is 5. The van der Waals surface area contributed by atoms with Crippen LogP contribution >= 0.6 is 0 Å². The normalized spacial score (nSPS) is 21.9. The third kappa shape index (κ3) is 4.42.